The quantitative estimate of drug-likeness (QED) is 0.464. The standard InChI is InChI=1S/C15H14ClNO3/c1-10-3-5-13(17(18)19)15(7-10)20-14-6-4-12(9-16)8-11(14)2/h3-8H,9H2,1-2H3. The van der Waals surface area contributed by atoms with Crippen LogP contribution in [0.15, 0.2) is 36.4 Å². The van der Waals surface area contributed by atoms with Gasteiger partial charge in [0.15, 0.2) is 0 Å². The zero-order chi connectivity index (χ0) is 14.7. The van der Waals surface area contributed by atoms with Crippen LogP contribution in [0.1, 0.15) is 16.7 Å². The van der Waals surface area contributed by atoms with Crippen LogP contribution in [-0.4, -0.2) is 4.92 Å². The van der Waals surface area contributed by atoms with Gasteiger partial charge in [0.05, 0.1) is 4.92 Å². The van der Waals surface area contributed by atoms with Crippen LogP contribution in [0.4, 0.5) is 5.69 Å². The predicted octanol–water partition coefficient (Wildman–Crippen LogP) is 4.74. The van der Waals surface area contributed by atoms with Gasteiger partial charge in [0.1, 0.15) is 5.75 Å². The molecule has 2 rings (SSSR count). The van der Waals surface area contributed by atoms with Crippen LogP contribution >= 0.6 is 11.6 Å². The maximum Gasteiger partial charge on any atom is 0.311 e. The van der Waals surface area contributed by atoms with Crippen molar-refractivity contribution < 1.29 is 9.66 Å². The Balaban J connectivity index is 2.39. The first-order valence-electron chi connectivity index (χ1n) is 6.09. The van der Waals surface area contributed by atoms with Crippen LogP contribution in [0.3, 0.4) is 0 Å². The molecule has 0 amide bonds. The van der Waals surface area contributed by atoms with E-state index in [2.05, 4.69) is 0 Å². The SMILES string of the molecule is Cc1ccc([N+](=O)[O-])c(Oc2ccc(CCl)cc2C)c1. The maximum absolute atomic E-state index is 11.0. The monoisotopic (exact) mass is 291 g/mol. The third-order valence-corrected chi connectivity index (χ3v) is 3.23. The maximum atomic E-state index is 11.0. The largest absolute Gasteiger partial charge is 0.450 e. The van der Waals surface area contributed by atoms with E-state index < -0.39 is 4.92 Å². The minimum atomic E-state index is -0.447. The van der Waals surface area contributed by atoms with Crippen molar-refractivity contribution in [1.29, 1.82) is 0 Å². The molecule has 20 heavy (non-hydrogen) atoms. The minimum absolute atomic E-state index is 0.0450. The highest BCUT2D eigenvalue weighted by molar-refractivity contribution is 6.17. The van der Waals surface area contributed by atoms with Crippen LogP contribution in [0.2, 0.25) is 0 Å². The lowest BCUT2D eigenvalue weighted by Crippen LogP contribution is -1.95. The number of rotatable bonds is 4. The molecule has 0 atom stereocenters. The van der Waals surface area contributed by atoms with Crippen molar-refractivity contribution in [1.82, 2.24) is 0 Å². The Morgan fingerprint density at radius 2 is 1.90 bits per heavy atom. The Morgan fingerprint density at radius 1 is 1.15 bits per heavy atom. The van der Waals surface area contributed by atoms with Crippen LogP contribution in [-0.2, 0) is 5.88 Å². The fraction of sp³-hybridized carbons (Fsp3) is 0.200. The number of nitro groups is 1. The zero-order valence-corrected chi connectivity index (χ0v) is 12.0. The van der Waals surface area contributed by atoms with Gasteiger partial charge < -0.3 is 4.74 Å². The molecule has 0 radical (unpaired) electrons. The van der Waals surface area contributed by atoms with Gasteiger partial charge in [0.25, 0.3) is 0 Å². The summed E-state index contributed by atoms with van der Waals surface area (Å²) in [6, 6.07) is 10.3. The molecule has 0 unspecified atom stereocenters. The van der Waals surface area contributed by atoms with E-state index >= 15 is 0 Å². The van der Waals surface area contributed by atoms with E-state index in [-0.39, 0.29) is 11.4 Å². The molecule has 4 nitrogen and oxygen atoms in total. The third-order valence-electron chi connectivity index (χ3n) is 2.93. The molecule has 0 aliphatic carbocycles. The summed E-state index contributed by atoms with van der Waals surface area (Å²) in [5.41, 5.74) is 2.73. The summed E-state index contributed by atoms with van der Waals surface area (Å²) >= 11 is 5.77. The molecule has 0 N–H and O–H groups in total. The number of nitrogens with zero attached hydrogens (tertiary/aromatic N) is 1. The Bertz CT molecular complexity index is 656. The normalized spacial score (nSPS) is 10.3. The second kappa shape index (κ2) is 5.92. The number of aryl methyl sites for hydroxylation is 2. The van der Waals surface area contributed by atoms with Gasteiger partial charge in [-0.2, -0.15) is 0 Å². The second-order valence-electron chi connectivity index (χ2n) is 4.56. The van der Waals surface area contributed by atoms with Gasteiger partial charge >= 0.3 is 5.69 Å². The molecule has 0 saturated heterocycles. The van der Waals surface area contributed by atoms with Gasteiger partial charge in [0, 0.05) is 11.9 Å². The van der Waals surface area contributed by atoms with Crippen molar-refractivity contribution in [2.45, 2.75) is 19.7 Å². The number of ether oxygens (including phenoxy) is 1. The molecule has 0 aromatic heterocycles. The van der Waals surface area contributed by atoms with Crippen molar-refractivity contribution in [3.8, 4) is 11.5 Å². The number of alkyl halides is 1. The molecule has 104 valence electrons. The number of nitro benzene ring substituents is 1. The molecule has 2 aromatic carbocycles. The highest BCUT2D eigenvalue weighted by atomic mass is 35.5. The topological polar surface area (TPSA) is 52.4 Å². The Kier molecular flexibility index (Phi) is 4.25. The van der Waals surface area contributed by atoms with Gasteiger partial charge in [-0.05, 0) is 42.7 Å². The summed E-state index contributed by atoms with van der Waals surface area (Å²) in [4.78, 5) is 10.6. The first kappa shape index (κ1) is 14.3. The van der Waals surface area contributed by atoms with Crippen molar-refractivity contribution in [2.24, 2.45) is 0 Å². The summed E-state index contributed by atoms with van der Waals surface area (Å²) in [5, 5.41) is 11.0. The average Bonchev–Trinajstić information content (AvgIpc) is 2.40. The first-order chi connectivity index (χ1) is 9.51. The van der Waals surface area contributed by atoms with E-state index in [0.717, 1.165) is 16.7 Å². The van der Waals surface area contributed by atoms with E-state index in [1.165, 1.54) is 6.07 Å². The Hall–Kier alpha value is -2.07. The molecule has 5 heteroatoms. The Morgan fingerprint density at radius 3 is 2.50 bits per heavy atom. The molecule has 0 bridgehead atoms. The van der Waals surface area contributed by atoms with E-state index in [0.29, 0.717) is 11.6 Å². The molecular weight excluding hydrogens is 278 g/mol. The molecule has 2 aromatic rings. The lowest BCUT2D eigenvalue weighted by atomic mass is 10.1. The van der Waals surface area contributed by atoms with Gasteiger partial charge in [0.2, 0.25) is 5.75 Å². The minimum Gasteiger partial charge on any atom is -0.450 e. The van der Waals surface area contributed by atoms with E-state index in [4.69, 9.17) is 16.3 Å². The van der Waals surface area contributed by atoms with Gasteiger partial charge in [-0.1, -0.05) is 18.2 Å². The fourth-order valence-corrected chi connectivity index (χ4v) is 2.05. The van der Waals surface area contributed by atoms with E-state index in [1.54, 1.807) is 18.2 Å². The summed E-state index contributed by atoms with van der Waals surface area (Å²) in [5.74, 6) is 1.26. The van der Waals surface area contributed by atoms with Crippen molar-refractivity contribution in [3.63, 3.8) is 0 Å². The van der Waals surface area contributed by atoms with Crippen molar-refractivity contribution in [3.05, 3.63) is 63.2 Å². The average molecular weight is 292 g/mol. The summed E-state index contributed by atoms with van der Waals surface area (Å²) in [6.07, 6.45) is 0. The van der Waals surface area contributed by atoms with E-state index in [1.807, 2.05) is 26.0 Å². The molecular formula is C15H14ClNO3. The lowest BCUT2D eigenvalue weighted by Gasteiger charge is -2.10. The highest BCUT2D eigenvalue weighted by Crippen LogP contribution is 2.33. The summed E-state index contributed by atoms with van der Waals surface area (Å²) in [6.45, 7) is 3.74. The molecule has 0 heterocycles. The zero-order valence-electron chi connectivity index (χ0n) is 11.2. The summed E-state index contributed by atoms with van der Waals surface area (Å²) in [7, 11) is 0. The second-order valence-corrected chi connectivity index (χ2v) is 4.83. The van der Waals surface area contributed by atoms with Gasteiger partial charge in [-0.25, -0.2) is 0 Å². The van der Waals surface area contributed by atoms with E-state index in [9.17, 15) is 10.1 Å². The van der Waals surface area contributed by atoms with Crippen molar-refractivity contribution >= 4 is 17.3 Å². The first-order valence-corrected chi connectivity index (χ1v) is 6.63. The molecule has 0 saturated carbocycles. The van der Waals surface area contributed by atoms with Crippen LogP contribution < -0.4 is 4.74 Å². The van der Waals surface area contributed by atoms with Crippen LogP contribution in [0, 0.1) is 24.0 Å². The Labute approximate surface area is 122 Å². The molecule has 0 aliphatic heterocycles. The van der Waals surface area contributed by atoms with Crippen LogP contribution in [0.25, 0.3) is 0 Å². The molecule has 0 aliphatic rings. The summed E-state index contributed by atoms with van der Waals surface area (Å²) < 4.78 is 5.70. The number of halogens is 1. The van der Waals surface area contributed by atoms with Crippen LogP contribution in [0.5, 0.6) is 11.5 Å². The number of hydrogen-bond acceptors (Lipinski definition) is 3. The molecule has 0 fully saturated rings. The van der Waals surface area contributed by atoms with Gasteiger partial charge in [-0.3, -0.25) is 10.1 Å². The third kappa shape index (κ3) is 3.08. The number of benzene rings is 2. The smallest absolute Gasteiger partial charge is 0.311 e. The lowest BCUT2D eigenvalue weighted by molar-refractivity contribution is -0.385. The fourth-order valence-electron chi connectivity index (χ4n) is 1.88. The molecule has 0 spiro atoms. The van der Waals surface area contributed by atoms with Crippen molar-refractivity contribution in [2.75, 3.05) is 0 Å². The number of hydrogen-bond donors (Lipinski definition) is 0. The van der Waals surface area contributed by atoms with Gasteiger partial charge in [-0.15, -0.1) is 11.6 Å². The highest BCUT2D eigenvalue weighted by Gasteiger charge is 2.16. The predicted molar refractivity (Wildman–Crippen MR) is 78.6 cm³/mol.